The normalized spacial score (nSPS) is 11.6. The summed E-state index contributed by atoms with van der Waals surface area (Å²) in [6.07, 6.45) is 0. The number of methoxy groups -OCH3 is 1. The smallest absolute Gasteiger partial charge is 0.314 e. The molecule has 5 heteroatoms. The lowest BCUT2D eigenvalue weighted by atomic mass is 9.97. The van der Waals surface area contributed by atoms with Crippen LogP contribution in [0.15, 0.2) is 18.2 Å². The number of rotatable bonds is 3. The van der Waals surface area contributed by atoms with Crippen LogP contribution >= 0.6 is 0 Å². The maximum atomic E-state index is 13.1. The summed E-state index contributed by atoms with van der Waals surface area (Å²) in [5.74, 6) is -1.79. The van der Waals surface area contributed by atoms with Gasteiger partial charge in [0.25, 0.3) is 0 Å². The molecule has 16 heavy (non-hydrogen) atoms. The lowest BCUT2D eigenvalue weighted by Crippen LogP contribution is -2.22. The van der Waals surface area contributed by atoms with E-state index in [4.69, 9.17) is 11.0 Å². The van der Waals surface area contributed by atoms with E-state index in [9.17, 15) is 9.18 Å². The number of benzene rings is 1. The standard InChI is InChI=1S/C11H11FN2O2/c1-16-11(15)9(6-14)7-2-3-10(12)8(4-7)5-13/h2-4,9H,6,14H2,1H3. The van der Waals surface area contributed by atoms with Gasteiger partial charge in [0.05, 0.1) is 18.6 Å². The number of carbonyl (C=O) groups excluding carboxylic acids is 1. The zero-order chi connectivity index (χ0) is 12.1. The first-order chi connectivity index (χ1) is 7.63. The second-order valence-electron chi connectivity index (χ2n) is 3.16. The van der Waals surface area contributed by atoms with Crippen molar-refractivity contribution in [2.24, 2.45) is 5.73 Å². The van der Waals surface area contributed by atoms with E-state index >= 15 is 0 Å². The number of carbonyl (C=O) groups is 1. The Morgan fingerprint density at radius 2 is 2.38 bits per heavy atom. The molecule has 2 N–H and O–H groups in total. The van der Waals surface area contributed by atoms with Gasteiger partial charge in [0.2, 0.25) is 0 Å². The Morgan fingerprint density at radius 3 is 2.88 bits per heavy atom. The van der Waals surface area contributed by atoms with Crippen LogP contribution < -0.4 is 5.73 Å². The van der Waals surface area contributed by atoms with Crippen LogP contribution in [0.3, 0.4) is 0 Å². The third-order valence-electron chi connectivity index (χ3n) is 2.23. The molecule has 0 bridgehead atoms. The van der Waals surface area contributed by atoms with Gasteiger partial charge in [-0.25, -0.2) is 4.39 Å². The highest BCUT2D eigenvalue weighted by atomic mass is 19.1. The summed E-state index contributed by atoms with van der Waals surface area (Å²) in [6.45, 7) is 0.0448. The van der Waals surface area contributed by atoms with E-state index in [2.05, 4.69) is 4.74 Å². The van der Waals surface area contributed by atoms with Crippen molar-refractivity contribution in [3.8, 4) is 6.07 Å². The van der Waals surface area contributed by atoms with Crippen LogP contribution in [0.25, 0.3) is 0 Å². The average Bonchev–Trinajstić information content (AvgIpc) is 2.31. The van der Waals surface area contributed by atoms with E-state index in [0.717, 1.165) is 6.07 Å². The maximum Gasteiger partial charge on any atom is 0.314 e. The highest BCUT2D eigenvalue weighted by Crippen LogP contribution is 2.19. The summed E-state index contributed by atoms with van der Waals surface area (Å²) < 4.78 is 17.6. The first-order valence-corrected chi connectivity index (χ1v) is 4.61. The summed E-state index contributed by atoms with van der Waals surface area (Å²) in [7, 11) is 1.25. The van der Waals surface area contributed by atoms with Crippen LogP contribution in [0.2, 0.25) is 0 Å². The van der Waals surface area contributed by atoms with Crippen LogP contribution in [0.5, 0.6) is 0 Å². The molecule has 1 unspecified atom stereocenters. The molecule has 1 aromatic carbocycles. The molecule has 0 fully saturated rings. The molecular formula is C11H11FN2O2. The Labute approximate surface area is 92.4 Å². The molecule has 0 aliphatic carbocycles. The molecule has 0 spiro atoms. The van der Waals surface area contributed by atoms with Crippen LogP contribution in [0, 0.1) is 17.1 Å². The fraction of sp³-hybridized carbons (Fsp3) is 0.273. The minimum absolute atomic E-state index is 0.0448. The molecule has 0 heterocycles. The van der Waals surface area contributed by atoms with Crippen molar-refractivity contribution in [3.63, 3.8) is 0 Å². The first-order valence-electron chi connectivity index (χ1n) is 4.61. The largest absolute Gasteiger partial charge is 0.469 e. The Bertz CT molecular complexity index is 440. The van der Waals surface area contributed by atoms with Crippen LogP contribution in [0.1, 0.15) is 17.0 Å². The van der Waals surface area contributed by atoms with Gasteiger partial charge in [0.15, 0.2) is 0 Å². The van der Waals surface area contributed by atoms with Gasteiger partial charge in [-0.2, -0.15) is 5.26 Å². The van der Waals surface area contributed by atoms with Gasteiger partial charge in [0.1, 0.15) is 11.9 Å². The predicted molar refractivity (Wildman–Crippen MR) is 54.9 cm³/mol. The summed E-state index contributed by atoms with van der Waals surface area (Å²) >= 11 is 0. The Kier molecular flexibility index (Phi) is 3.97. The molecule has 4 nitrogen and oxygen atoms in total. The number of nitriles is 1. The van der Waals surface area contributed by atoms with Crippen molar-refractivity contribution in [2.45, 2.75) is 5.92 Å². The summed E-state index contributed by atoms with van der Waals surface area (Å²) in [5, 5.41) is 8.66. The number of hydrogen-bond acceptors (Lipinski definition) is 4. The quantitative estimate of drug-likeness (QED) is 0.771. The van der Waals surface area contributed by atoms with E-state index in [1.165, 1.54) is 19.2 Å². The summed E-state index contributed by atoms with van der Waals surface area (Å²) in [4.78, 5) is 11.3. The van der Waals surface area contributed by atoms with Gasteiger partial charge in [-0.05, 0) is 17.7 Å². The minimum atomic E-state index is -0.669. The molecule has 1 rings (SSSR count). The number of nitrogens with two attached hydrogens (primary N) is 1. The fourth-order valence-electron chi connectivity index (χ4n) is 1.36. The van der Waals surface area contributed by atoms with E-state index in [1.807, 2.05) is 0 Å². The lowest BCUT2D eigenvalue weighted by Gasteiger charge is -2.12. The van der Waals surface area contributed by atoms with Crippen molar-refractivity contribution >= 4 is 5.97 Å². The Morgan fingerprint density at radius 1 is 1.69 bits per heavy atom. The zero-order valence-electron chi connectivity index (χ0n) is 8.74. The van der Waals surface area contributed by atoms with Crippen LogP contribution in [0.4, 0.5) is 4.39 Å². The molecule has 1 atom stereocenters. The fourth-order valence-corrected chi connectivity index (χ4v) is 1.36. The lowest BCUT2D eigenvalue weighted by molar-refractivity contribution is -0.142. The van der Waals surface area contributed by atoms with E-state index in [1.54, 1.807) is 6.07 Å². The molecule has 0 radical (unpaired) electrons. The van der Waals surface area contributed by atoms with Crippen molar-refractivity contribution in [1.82, 2.24) is 0 Å². The minimum Gasteiger partial charge on any atom is -0.469 e. The molecule has 84 valence electrons. The van der Waals surface area contributed by atoms with Crippen LogP contribution in [-0.2, 0) is 9.53 Å². The number of hydrogen-bond donors (Lipinski definition) is 1. The average molecular weight is 222 g/mol. The molecule has 0 saturated carbocycles. The highest BCUT2D eigenvalue weighted by Gasteiger charge is 2.20. The first kappa shape index (κ1) is 12.1. The molecule has 0 saturated heterocycles. The SMILES string of the molecule is COC(=O)C(CN)c1ccc(F)c(C#N)c1. The van der Waals surface area contributed by atoms with Gasteiger partial charge in [-0.1, -0.05) is 6.07 Å². The number of esters is 1. The van der Waals surface area contributed by atoms with E-state index in [-0.39, 0.29) is 12.1 Å². The van der Waals surface area contributed by atoms with Crippen molar-refractivity contribution in [2.75, 3.05) is 13.7 Å². The molecule has 1 aromatic rings. The van der Waals surface area contributed by atoms with Crippen molar-refractivity contribution in [1.29, 1.82) is 5.26 Å². The zero-order valence-corrected chi connectivity index (χ0v) is 8.74. The predicted octanol–water partition coefficient (Wildman–Crippen LogP) is 0.913. The summed E-state index contributed by atoms with van der Waals surface area (Å²) in [5.41, 5.74) is 5.80. The van der Waals surface area contributed by atoms with E-state index < -0.39 is 17.7 Å². The van der Waals surface area contributed by atoms with E-state index in [0.29, 0.717) is 5.56 Å². The monoisotopic (exact) mass is 222 g/mol. The highest BCUT2D eigenvalue weighted by molar-refractivity contribution is 5.78. The van der Waals surface area contributed by atoms with Crippen molar-refractivity contribution in [3.05, 3.63) is 35.1 Å². The van der Waals surface area contributed by atoms with Crippen molar-refractivity contribution < 1.29 is 13.9 Å². The molecule has 0 aromatic heterocycles. The topological polar surface area (TPSA) is 76.1 Å². The maximum absolute atomic E-state index is 13.1. The molecule has 0 amide bonds. The summed E-state index contributed by atoms with van der Waals surface area (Å²) in [6, 6.07) is 5.57. The second kappa shape index (κ2) is 5.24. The van der Waals surface area contributed by atoms with Gasteiger partial charge in [-0.15, -0.1) is 0 Å². The second-order valence-corrected chi connectivity index (χ2v) is 3.16. The van der Waals surface area contributed by atoms with Gasteiger partial charge >= 0.3 is 5.97 Å². The Hall–Kier alpha value is -1.93. The van der Waals surface area contributed by atoms with Gasteiger partial charge < -0.3 is 10.5 Å². The number of nitrogens with zero attached hydrogens (tertiary/aromatic N) is 1. The third-order valence-corrected chi connectivity index (χ3v) is 2.23. The molecular weight excluding hydrogens is 211 g/mol. The molecule has 0 aliphatic heterocycles. The number of halogens is 1. The third kappa shape index (κ3) is 2.35. The van der Waals surface area contributed by atoms with Gasteiger partial charge in [-0.3, -0.25) is 4.79 Å². The van der Waals surface area contributed by atoms with Crippen LogP contribution in [-0.4, -0.2) is 19.6 Å². The van der Waals surface area contributed by atoms with Gasteiger partial charge in [0, 0.05) is 6.54 Å². The molecule has 0 aliphatic rings. The Balaban J connectivity index is 3.12. The number of ether oxygens (including phenoxy) is 1.